The molecule has 0 saturated heterocycles. The van der Waals surface area contributed by atoms with Crippen LogP contribution in [0.2, 0.25) is 0 Å². The third kappa shape index (κ3) is 3.21. The van der Waals surface area contributed by atoms with Gasteiger partial charge in [-0.05, 0) is 31.0 Å². The second-order valence-electron chi connectivity index (χ2n) is 4.95. The average molecular weight is 353 g/mol. The Labute approximate surface area is 133 Å². The van der Waals surface area contributed by atoms with Crippen LogP contribution in [-0.4, -0.2) is 14.2 Å². The molecule has 21 heavy (non-hydrogen) atoms. The first-order chi connectivity index (χ1) is 9.97. The molecule has 0 amide bonds. The van der Waals surface area contributed by atoms with E-state index in [2.05, 4.69) is 22.0 Å². The van der Waals surface area contributed by atoms with Crippen LogP contribution in [-0.2, 0) is 0 Å². The Morgan fingerprint density at radius 1 is 0.952 bits per heavy atom. The molecule has 0 spiro atoms. The summed E-state index contributed by atoms with van der Waals surface area (Å²) in [4.78, 5) is -0.238. The van der Waals surface area contributed by atoms with Crippen LogP contribution >= 0.6 is 15.9 Å². The van der Waals surface area contributed by atoms with E-state index in [9.17, 15) is 4.39 Å². The van der Waals surface area contributed by atoms with E-state index in [-0.39, 0.29) is 10.6 Å². The number of benzene rings is 2. The van der Waals surface area contributed by atoms with E-state index >= 15 is 0 Å². The van der Waals surface area contributed by atoms with Crippen molar-refractivity contribution in [3.05, 3.63) is 58.4 Å². The number of hydrogen-bond donors (Lipinski definition) is 0. The van der Waals surface area contributed by atoms with E-state index in [0.717, 1.165) is 11.1 Å². The average Bonchev–Trinajstić information content (AvgIpc) is 2.46. The lowest BCUT2D eigenvalue weighted by atomic mass is 9.98. The van der Waals surface area contributed by atoms with Crippen molar-refractivity contribution in [2.24, 2.45) is 0 Å². The minimum absolute atomic E-state index is 0.238. The maximum atomic E-state index is 14.3. The van der Waals surface area contributed by atoms with E-state index in [4.69, 9.17) is 9.47 Å². The first-order valence-corrected chi connectivity index (χ1v) is 7.52. The highest BCUT2D eigenvalue weighted by atomic mass is 79.9. The Hall–Kier alpha value is -1.55. The van der Waals surface area contributed by atoms with Gasteiger partial charge in [0.15, 0.2) is 11.5 Å². The number of methoxy groups -OCH3 is 2. The zero-order valence-electron chi connectivity index (χ0n) is 12.5. The van der Waals surface area contributed by atoms with Gasteiger partial charge in [-0.2, -0.15) is 0 Å². The lowest BCUT2D eigenvalue weighted by Crippen LogP contribution is -2.01. The largest absolute Gasteiger partial charge is 0.493 e. The van der Waals surface area contributed by atoms with Gasteiger partial charge in [-0.15, -0.1) is 0 Å². The zero-order chi connectivity index (χ0) is 15.6. The summed E-state index contributed by atoms with van der Waals surface area (Å²) < 4.78 is 24.7. The molecule has 0 aliphatic carbocycles. The standard InChI is InChI=1S/C17H18BrFO2/c1-10-5-6-12(11(2)7-10)17(18)13-8-15(20-3)16(21-4)9-14(13)19/h5-9,17H,1-4H3. The molecule has 2 rings (SSSR count). The molecule has 0 aromatic heterocycles. The van der Waals surface area contributed by atoms with Crippen LogP contribution in [0.5, 0.6) is 11.5 Å². The molecule has 0 fully saturated rings. The first kappa shape index (κ1) is 15.8. The summed E-state index contributed by atoms with van der Waals surface area (Å²) in [5.41, 5.74) is 3.86. The van der Waals surface area contributed by atoms with Crippen LogP contribution < -0.4 is 9.47 Å². The summed E-state index contributed by atoms with van der Waals surface area (Å²) in [6.45, 7) is 4.06. The molecule has 0 radical (unpaired) electrons. The molecular formula is C17H18BrFO2. The molecule has 2 aromatic carbocycles. The van der Waals surface area contributed by atoms with Gasteiger partial charge in [0, 0.05) is 11.6 Å². The fraction of sp³-hybridized carbons (Fsp3) is 0.294. The van der Waals surface area contributed by atoms with Crippen LogP contribution in [0, 0.1) is 19.7 Å². The van der Waals surface area contributed by atoms with Crippen LogP contribution in [0.4, 0.5) is 4.39 Å². The zero-order valence-corrected chi connectivity index (χ0v) is 14.1. The van der Waals surface area contributed by atoms with E-state index in [1.807, 2.05) is 26.0 Å². The molecule has 1 atom stereocenters. The van der Waals surface area contributed by atoms with E-state index in [1.54, 1.807) is 13.2 Å². The molecule has 0 aliphatic heterocycles. The summed E-state index contributed by atoms with van der Waals surface area (Å²) in [5, 5.41) is 0. The Morgan fingerprint density at radius 3 is 2.14 bits per heavy atom. The van der Waals surface area contributed by atoms with Crippen molar-refractivity contribution in [2.45, 2.75) is 18.7 Å². The number of alkyl halides is 1. The highest BCUT2D eigenvalue weighted by molar-refractivity contribution is 9.09. The predicted molar refractivity (Wildman–Crippen MR) is 86.2 cm³/mol. The monoisotopic (exact) mass is 352 g/mol. The van der Waals surface area contributed by atoms with Crippen molar-refractivity contribution in [3.8, 4) is 11.5 Å². The molecule has 0 bridgehead atoms. The first-order valence-electron chi connectivity index (χ1n) is 6.60. The molecule has 0 heterocycles. The maximum Gasteiger partial charge on any atom is 0.163 e. The van der Waals surface area contributed by atoms with Gasteiger partial charge >= 0.3 is 0 Å². The minimum atomic E-state index is -0.325. The maximum absolute atomic E-state index is 14.3. The second kappa shape index (κ2) is 6.48. The van der Waals surface area contributed by atoms with E-state index in [0.29, 0.717) is 17.1 Å². The third-order valence-corrected chi connectivity index (χ3v) is 4.46. The molecule has 4 heteroatoms. The van der Waals surface area contributed by atoms with Crippen molar-refractivity contribution < 1.29 is 13.9 Å². The summed E-state index contributed by atoms with van der Waals surface area (Å²) in [7, 11) is 3.03. The second-order valence-corrected chi connectivity index (χ2v) is 5.87. The number of hydrogen-bond acceptors (Lipinski definition) is 2. The lowest BCUT2D eigenvalue weighted by Gasteiger charge is -2.17. The quantitative estimate of drug-likeness (QED) is 0.725. The Balaban J connectivity index is 2.50. The van der Waals surface area contributed by atoms with Gasteiger partial charge < -0.3 is 9.47 Å². The van der Waals surface area contributed by atoms with Crippen molar-refractivity contribution >= 4 is 15.9 Å². The third-order valence-electron chi connectivity index (χ3n) is 3.47. The van der Waals surface area contributed by atoms with Gasteiger partial charge in [-0.25, -0.2) is 4.39 Å². The van der Waals surface area contributed by atoms with Crippen LogP contribution in [0.15, 0.2) is 30.3 Å². The van der Waals surface area contributed by atoms with Gasteiger partial charge in [-0.1, -0.05) is 39.7 Å². The summed E-state index contributed by atoms with van der Waals surface area (Å²) in [6.07, 6.45) is 0. The SMILES string of the molecule is COc1cc(F)c(C(Br)c2ccc(C)cc2C)cc1OC. The molecule has 2 aromatic rings. The van der Waals surface area contributed by atoms with Gasteiger partial charge in [-0.3, -0.25) is 0 Å². The highest BCUT2D eigenvalue weighted by Gasteiger charge is 2.20. The minimum Gasteiger partial charge on any atom is -0.493 e. The van der Waals surface area contributed by atoms with Gasteiger partial charge in [0.05, 0.1) is 19.0 Å². The van der Waals surface area contributed by atoms with Crippen LogP contribution in [0.1, 0.15) is 27.1 Å². The smallest absolute Gasteiger partial charge is 0.163 e. The number of rotatable bonds is 4. The summed E-state index contributed by atoms with van der Waals surface area (Å²) in [6, 6.07) is 9.15. The fourth-order valence-electron chi connectivity index (χ4n) is 2.34. The topological polar surface area (TPSA) is 18.5 Å². The normalized spacial score (nSPS) is 12.1. The lowest BCUT2D eigenvalue weighted by molar-refractivity contribution is 0.351. The molecule has 0 N–H and O–H groups in total. The highest BCUT2D eigenvalue weighted by Crippen LogP contribution is 2.39. The van der Waals surface area contributed by atoms with Crippen molar-refractivity contribution in [3.63, 3.8) is 0 Å². The molecule has 0 aliphatic rings. The fourth-order valence-corrected chi connectivity index (χ4v) is 3.21. The van der Waals surface area contributed by atoms with E-state index < -0.39 is 0 Å². The number of halogens is 2. The Bertz CT molecular complexity index is 655. The van der Waals surface area contributed by atoms with Crippen LogP contribution in [0.3, 0.4) is 0 Å². The summed E-state index contributed by atoms with van der Waals surface area (Å²) >= 11 is 3.59. The molecule has 1 unspecified atom stereocenters. The Kier molecular flexibility index (Phi) is 4.88. The molecule has 2 nitrogen and oxygen atoms in total. The molecule has 0 saturated carbocycles. The Morgan fingerprint density at radius 2 is 1.57 bits per heavy atom. The van der Waals surface area contributed by atoms with Gasteiger partial charge in [0.2, 0.25) is 0 Å². The van der Waals surface area contributed by atoms with Crippen molar-refractivity contribution in [1.29, 1.82) is 0 Å². The molecule has 112 valence electrons. The number of ether oxygens (including phenoxy) is 2. The summed E-state index contributed by atoms with van der Waals surface area (Å²) in [5.74, 6) is 0.580. The molecular weight excluding hydrogens is 335 g/mol. The predicted octanol–water partition coefficient (Wildman–Crippen LogP) is 4.94. The number of aryl methyl sites for hydroxylation is 2. The van der Waals surface area contributed by atoms with Crippen molar-refractivity contribution in [1.82, 2.24) is 0 Å². The van der Waals surface area contributed by atoms with Gasteiger partial charge in [0.25, 0.3) is 0 Å². The van der Waals surface area contributed by atoms with Crippen LogP contribution in [0.25, 0.3) is 0 Å². The van der Waals surface area contributed by atoms with E-state index in [1.165, 1.54) is 18.7 Å². The van der Waals surface area contributed by atoms with Crippen molar-refractivity contribution in [2.75, 3.05) is 14.2 Å². The van der Waals surface area contributed by atoms with Gasteiger partial charge in [0.1, 0.15) is 5.82 Å².